The summed E-state index contributed by atoms with van der Waals surface area (Å²) in [4.78, 5) is 27.1. The molecule has 4 aromatic rings. The van der Waals surface area contributed by atoms with Gasteiger partial charge in [0.15, 0.2) is 11.5 Å². The number of anilines is 1. The molecule has 2 heterocycles. The Morgan fingerprint density at radius 3 is 2.26 bits per heavy atom. The lowest BCUT2D eigenvalue weighted by molar-refractivity contribution is -0.112. The minimum Gasteiger partial charge on any atom is -0.504 e. The number of hydrogen-bond acceptors (Lipinski definition) is 6. The summed E-state index contributed by atoms with van der Waals surface area (Å²) in [6, 6.07) is 23.3. The van der Waals surface area contributed by atoms with E-state index in [4.69, 9.17) is 4.74 Å². The van der Waals surface area contributed by atoms with Crippen LogP contribution in [0.4, 0.5) is 5.69 Å². The van der Waals surface area contributed by atoms with Gasteiger partial charge in [0.25, 0.3) is 11.5 Å². The van der Waals surface area contributed by atoms with Crippen molar-refractivity contribution in [2.24, 2.45) is 5.10 Å². The lowest BCUT2D eigenvalue weighted by atomic mass is 10.2. The van der Waals surface area contributed by atoms with Crippen LogP contribution in [0, 0.1) is 0 Å². The van der Waals surface area contributed by atoms with Crippen LogP contribution in [0.1, 0.15) is 12.5 Å². The molecule has 1 aliphatic heterocycles. The Bertz CT molecular complexity index is 1640. The van der Waals surface area contributed by atoms with E-state index in [1.54, 1.807) is 29.7 Å². The minimum atomic E-state index is -0.294. The molecule has 1 aliphatic rings. The number of aromatic nitrogens is 1. The van der Waals surface area contributed by atoms with Crippen molar-refractivity contribution in [1.82, 2.24) is 4.57 Å². The molecule has 0 saturated carbocycles. The number of ether oxygens (including phenoxy) is 1. The molecule has 5 rings (SSSR count). The van der Waals surface area contributed by atoms with E-state index in [1.165, 1.54) is 29.5 Å². The highest BCUT2D eigenvalue weighted by Crippen LogP contribution is 2.26. The van der Waals surface area contributed by atoms with E-state index in [1.807, 2.05) is 60.7 Å². The maximum absolute atomic E-state index is 13.6. The topological polar surface area (TPSA) is 84.1 Å². The average Bonchev–Trinajstić information content (AvgIpc) is 3.35. The van der Waals surface area contributed by atoms with Gasteiger partial charge in [0.2, 0.25) is 0 Å². The fraction of sp³-hybridized carbons (Fsp3) is 0.0741. The molecule has 3 aromatic carbocycles. The monoisotopic (exact) mass is 483 g/mol. The third kappa shape index (κ3) is 4.04. The van der Waals surface area contributed by atoms with Crippen LogP contribution in [0.15, 0.2) is 88.8 Å². The first-order chi connectivity index (χ1) is 17.0. The van der Waals surface area contributed by atoms with Crippen LogP contribution in [0.25, 0.3) is 17.3 Å². The van der Waals surface area contributed by atoms with E-state index in [0.717, 1.165) is 0 Å². The summed E-state index contributed by atoms with van der Waals surface area (Å²) in [7, 11) is 1.47. The molecular weight excluding hydrogens is 462 g/mol. The Kier molecular flexibility index (Phi) is 5.80. The van der Waals surface area contributed by atoms with Gasteiger partial charge in [-0.2, -0.15) is 10.1 Å². The van der Waals surface area contributed by atoms with Crippen LogP contribution >= 0.6 is 11.3 Å². The normalized spacial score (nSPS) is 15.5. The van der Waals surface area contributed by atoms with Gasteiger partial charge in [0.05, 0.1) is 34.3 Å². The molecule has 0 saturated heterocycles. The lowest BCUT2D eigenvalue weighted by Gasteiger charge is -2.11. The third-order valence-electron chi connectivity index (χ3n) is 5.57. The van der Waals surface area contributed by atoms with Crippen molar-refractivity contribution in [2.75, 3.05) is 12.1 Å². The summed E-state index contributed by atoms with van der Waals surface area (Å²) < 4.78 is 7.68. The summed E-state index contributed by atoms with van der Waals surface area (Å²) in [5.74, 6) is 0.0244. The second-order valence-corrected chi connectivity index (χ2v) is 8.87. The van der Waals surface area contributed by atoms with Crippen molar-refractivity contribution in [2.45, 2.75) is 6.92 Å². The molecule has 0 fully saturated rings. The van der Waals surface area contributed by atoms with Gasteiger partial charge in [-0.15, -0.1) is 11.3 Å². The quantitative estimate of drug-likeness (QED) is 0.484. The molecule has 8 heteroatoms. The Labute approximate surface area is 204 Å². The fourth-order valence-electron chi connectivity index (χ4n) is 3.89. The number of rotatable bonds is 4. The Morgan fingerprint density at radius 1 is 0.943 bits per heavy atom. The average molecular weight is 484 g/mol. The first-order valence-electron chi connectivity index (χ1n) is 10.8. The summed E-state index contributed by atoms with van der Waals surface area (Å²) in [5, 5.41) is 15.8. The number of methoxy groups -OCH3 is 1. The molecule has 35 heavy (non-hydrogen) atoms. The molecule has 0 unspecified atom stereocenters. The van der Waals surface area contributed by atoms with Gasteiger partial charge in [0, 0.05) is 0 Å². The van der Waals surface area contributed by atoms with E-state index in [2.05, 4.69) is 5.10 Å². The lowest BCUT2D eigenvalue weighted by Crippen LogP contribution is -2.33. The number of nitrogens with zero attached hydrogens (tertiary/aromatic N) is 3. The Hall–Kier alpha value is -4.43. The first kappa shape index (κ1) is 22.4. The highest BCUT2D eigenvalue weighted by molar-refractivity contribution is 7.08. The molecule has 0 radical (unpaired) electrons. The number of carbonyl (C=O) groups excluding carboxylic acids is 1. The van der Waals surface area contributed by atoms with Gasteiger partial charge in [0.1, 0.15) is 4.66 Å². The molecule has 0 aliphatic carbocycles. The summed E-state index contributed by atoms with van der Waals surface area (Å²) >= 11 is 1.22. The van der Waals surface area contributed by atoms with Crippen molar-refractivity contribution in [1.29, 1.82) is 0 Å². The van der Waals surface area contributed by atoms with E-state index in [0.29, 0.717) is 43.2 Å². The zero-order valence-electron chi connectivity index (χ0n) is 19.0. The number of hydrazone groups is 1. The van der Waals surface area contributed by atoms with Gasteiger partial charge in [-0.1, -0.05) is 42.5 Å². The second-order valence-electron chi connectivity index (χ2n) is 7.84. The van der Waals surface area contributed by atoms with Gasteiger partial charge < -0.3 is 9.84 Å². The molecule has 0 atom stereocenters. The van der Waals surface area contributed by atoms with Crippen LogP contribution in [0.2, 0.25) is 0 Å². The van der Waals surface area contributed by atoms with Crippen molar-refractivity contribution in [3.05, 3.63) is 104 Å². The summed E-state index contributed by atoms with van der Waals surface area (Å²) in [6.45, 7) is 1.77. The minimum absolute atomic E-state index is 0.0122. The van der Waals surface area contributed by atoms with Gasteiger partial charge >= 0.3 is 0 Å². The Morgan fingerprint density at radius 2 is 1.60 bits per heavy atom. The highest BCUT2D eigenvalue weighted by atomic mass is 32.1. The molecule has 1 aromatic heterocycles. The summed E-state index contributed by atoms with van der Waals surface area (Å²) in [5.41, 5.74) is 2.64. The fourth-order valence-corrected chi connectivity index (χ4v) is 5.09. The maximum atomic E-state index is 13.6. The largest absolute Gasteiger partial charge is 0.504 e. The molecule has 1 N–H and O–H groups in total. The predicted octanol–water partition coefficient (Wildman–Crippen LogP) is 3.02. The van der Waals surface area contributed by atoms with E-state index in [9.17, 15) is 14.7 Å². The number of benzene rings is 3. The van der Waals surface area contributed by atoms with Crippen LogP contribution in [-0.4, -0.2) is 28.4 Å². The number of aromatic hydroxyl groups is 1. The van der Waals surface area contributed by atoms with Crippen LogP contribution in [-0.2, 0) is 4.79 Å². The van der Waals surface area contributed by atoms with Crippen molar-refractivity contribution >= 4 is 40.3 Å². The number of phenolic OH excluding ortho intramolecular Hbond substituents is 1. The van der Waals surface area contributed by atoms with Crippen LogP contribution in [0.5, 0.6) is 11.5 Å². The third-order valence-corrected chi connectivity index (χ3v) is 6.66. The van der Waals surface area contributed by atoms with Gasteiger partial charge in [-0.05, 0) is 55.0 Å². The molecule has 0 bridgehead atoms. The first-order valence-corrected chi connectivity index (χ1v) is 11.6. The van der Waals surface area contributed by atoms with E-state index < -0.39 is 0 Å². The van der Waals surface area contributed by atoms with Crippen molar-refractivity contribution < 1.29 is 14.6 Å². The number of para-hydroxylation sites is 2. The van der Waals surface area contributed by atoms with E-state index >= 15 is 0 Å². The number of hydrogen-bond donors (Lipinski definition) is 1. The van der Waals surface area contributed by atoms with E-state index in [-0.39, 0.29) is 17.2 Å². The zero-order chi connectivity index (χ0) is 24.5. The number of phenols is 1. The number of amides is 1. The maximum Gasteiger partial charge on any atom is 0.283 e. The highest BCUT2D eigenvalue weighted by Gasteiger charge is 2.31. The smallest absolute Gasteiger partial charge is 0.283 e. The van der Waals surface area contributed by atoms with Crippen molar-refractivity contribution in [3.63, 3.8) is 0 Å². The summed E-state index contributed by atoms with van der Waals surface area (Å²) in [6.07, 6.45) is 1.72. The predicted molar refractivity (Wildman–Crippen MR) is 138 cm³/mol. The molecule has 0 spiro atoms. The van der Waals surface area contributed by atoms with Gasteiger partial charge in [-0.25, -0.2) is 0 Å². The zero-order valence-corrected chi connectivity index (χ0v) is 19.8. The second kappa shape index (κ2) is 9.08. The van der Waals surface area contributed by atoms with Gasteiger partial charge in [-0.3, -0.25) is 14.2 Å². The molecule has 1 amide bonds. The van der Waals surface area contributed by atoms with Crippen LogP contribution in [0.3, 0.4) is 0 Å². The SMILES string of the molecule is COc1cc(/C=c2\s/c(=C3/C(=O)N(c4ccccc4)N=C3C)n(-c3ccccc3)c2=O)ccc1O. The Balaban J connectivity index is 1.77. The van der Waals surface area contributed by atoms with Crippen LogP contribution < -0.4 is 24.5 Å². The molecule has 7 nitrogen and oxygen atoms in total. The number of carbonyl (C=O) groups is 1. The molecular formula is C27H21N3O4S. The van der Waals surface area contributed by atoms with Crippen molar-refractivity contribution in [3.8, 4) is 17.2 Å². The standard InChI is InChI=1S/C27H21N3O4S/c1-17-24(26(33)30(28-17)20-11-7-4-8-12-20)27-29(19-9-5-3-6-10-19)25(32)23(35-27)16-18-13-14-21(31)22(15-18)34-2/h3-16,31H,1-2H3/b23-16-,27-24+. The molecule has 174 valence electrons. The number of thiazole rings is 1.